The maximum atomic E-state index is 12.7. The summed E-state index contributed by atoms with van der Waals surface area (Å²) in [5, 5.41) is 12.0. The molecule has 8 heteroatoms. The molecule has 0 atom stereocenters. The molecule has 0 spiro atoms. The molecule has 0 radical (unpaired) electrons. The Kier molecular flexibility index (Phi) is 7.63. The highest BCUT2D eigenvalue weighted by Gasteiger charge is 2.22. The fourth-order valence-electron chi connectivity index (χ4n) is 2.74. The molecule has 30 heavy (non-hydrogen) atoms. The zero-order valence-corrected chi connectivity index (χ0v) is 18.9. The molecule has 0 heterocycles. The highest BCUT2D eigenvalue weighted by atomic mass is 32.2. The second kappa shape index (κ2) is 9.59. The minimum atomic E-state index is -3.71. The Morgan fingerprint density at radius 1 is 1.10 bits per heavy atom. The van der Waals surface area contributed by atoms with Gasteiger partial charge in [0.05, 0.1) is 17.1 Å². The quantitative estimate of drug-likeness (QED) is 0.620. The monoisotopic (exact) mass is 434 g/mol. The maximum Gasteiger partial charge on any atom is 0.340 e. The number of anilines is 1. The SMILES string of the molecule is CN(C)S(=O)(=O)c1ccc(NCCO)c(C(=O)OCc2ccc(C(C)(C)C)cc2)c1. The molecule has 0 aliphatic rings. The smallest absolute Gasteiger partial charge is 0.340 e. The second-order valence-corrected chi connectivity index (χ2v) is 10.3. The van der Waals surface area contributed by atoms with Crippen LogP contribution in [0.3, 0.4) is 0 Å². The van der Waals surface area contributed by atoms with E-state index in [-0.39, 0.29) is 35.6 Å². The molecule has 0 aromatic heterocycles. The number of nitrogens with one attached hydrogen (secondary N) is 1. The molecular weight excluding hydrogens is 404 g/mol. The van der Waals surface area contributed by atoms with E-state index in [4.69, 9.17) is 9.84 Å². The van der Waals surface area contributed by atoms with Crippen LogP contribution in [0.25, 0.3) is 0 Å². The topological polar surface area (TPSA) is 95.9 Å². The van der Waals surface area contributed by atoms with Gasteiger partial charge in [0.2, 0.25) is 10.0 Å². The van der Waals surface area contributed by atoms with Gasteiger partial charge in [0.1, 0.15) is 6.61 Å². The Morgan fingerprint density at radius 2 is 1.73 bits per heavy atom. The normalized spacial score (nSPS) is 12.1. The van der Waals surface area contributed by atoms with E-state index in [9.17, 15) is 13.2 Å². The summed E-state index contributed by atoms with van der Waals surface area (Å²) < 4.78 is 31.4. The molecule has 0 bridgehead atoms. The number of hydrogen-bond donors (Lipinski definition) is 2. The Hall–Kier alpha value is -2.42. The Bertz CT molecular complexity index is 978. The van der Waals surface area contributed by atoms with E-state index in [0.717, 1.165) is 9.87 Å². The summed E-state index contributed by atoms with van der Waals surface area (Å²) in [5.41, 5.74) is 2.53. The molecule has 0 unspecified atom stereocenters. The summed E-state index contributed by atoms with van der Waals surface area (Å²) >= 11 is 0. The Balaban J connectivity index is 2.25. The Labute approximate surface area is 178 Å². The fraction of sp³-hybridized carbons (Fsp3) is 0.409. The van der Waals surface area contributed by atoms with Crippen LogP contribution in [0, 0.1) is 0 Å². The van der Waals surface area contributed by atoms with Gasteiger partial charge in [-0.05, 0) is 34.7 Å². The number of carbonyl (C=O) groups excluding carboxylic acids is 1. The molecule has 0 aliphatic carbocycles. The van der Waals surface area contributed by atoms with Crippen molar-refractivity contribution >= 4 is 21.7 Å². The lowest BCUT2D eigenvalue weighted by atomic mass is 9.87. The number of hydrogen-bond acceptors (Lipinski definition) is 6. The van der Waals surface area contributed by atoms with Crippen molar-refractivity contribution in [3.05, 3.63) is 59.2 Å². The van der Waals surface area contributed by atoms with Gasteiger partial charge in [-0.3, -0.25) is 0 Å². The van der Waals surface area contributed by atoms with Crippen molar-refractivity contribution in [1.29, 1.82) is 0 Å². The number of ether oxygens (including phenoxy) is 1. The molecule has 7 nitrogen and oxygen atoms in total. The summed E-state index contributed by atoms with van der Waals surface area (Å²) in [7, 11) is -0.861. The molecule has 0 saturated carbocycles. The summed E-state index contributed by atoms with van der Waals surface area (Å²) in [4.78, 5) is 12.7. The molecule has 164 valence electrons. The molecule has 2 aromatic carbocycles. The van der Waals surface area contributed by atoms with Gasteiger partial charge in [-0.2, -0.15) is 0 Å². The van der Waals surface area contributed by atoms with Gasteiger partial charge in [-0.15, -0.1) is 0 Å². The zero-order valence-electron chi connectivity index (χ0n) is 18.1. The van der Waals surface area contributed by atoms with Gasteiger partial charge in [-0.1, -0.05) is 45.0 Å². The van der Waals surface area contributed by atoms with Crippen molar-refractivity contribution in [1.82, 2.24) is 4.31 Å². The maximum absolute atomic E-state index is 12.7. The van der Waals surface area contributed by atoms with Gasteiger partial charge in [0.25, 0.3) is 0 Å². The minimum Gasteiger partial charge on any atom is -0.457 e. The van der Waals surface area contributed by atoms with Crippen LogP contribution in [0.15, 0.2) is 47.4 Å². The van der Waals surface area contributed by atoms with Gasteiger partial charge >= 0.3 is 5.97 Å². The first kappa shape index (κ1) is 23.9. The van der Waals surface area contributed by atoms with Crippen molar-refractivity contribution in [2.45, 2.75) is 37.7 Å². The predicted molar refractivity (Wildman–Crippen MR) is 117 cm³/mol. The molecule has 0 saturated heterocycles. The first-order valence-electron chi connectivity index (χ1n) is 9.64. The van der Waals surface area contributed by atoms with E-state index in [1.807, 2.05) is 24.3 Å². The molecule has 0 amide bonds. The lowest BCUT2D eigenvalue weighted by Gasteiger charge is -2.19. The van der Waals surface area contributed by atoms with Crippen molar-refractivity contribution in [2.24, 2.45) is 0 Å². The van der Waals surface area contributed by atoms with E-state index in [1.54, 1.807) is 0 Å². The Morgan fingerprint density at radius 3 is 2.27 bits per heavy atom. The molecular formula is C22H30N2O5S. The molecule has 2 N–H and O–H groups in total. The molecule has 0 aliphatic heterocycles. The van der Waals surface area contributed by atoms with Crippen molar-refractivity contribution < 1.29 is 23.1 Å². The van der Waals surface area contributed by atoms with Gasteiger partial charge in [-0.25, -0.2) is 17.5 Å². The van der Waals surface area contributed by atoms with Crippen LogP contribution in [-0.4, -0.2) is 51.0 Å². The predicted octanol–water partition coefficient (Wildman–Crippen LogP) is 3.00. The lowest BCUT2D eigenvalue weighted by molar-refractivity contribution is 0.0473. The number of aliphatic hydroxyl groups excluding tert-OH is 1. The van der Waals surface area contributed by atoms with E-state index >= 15 is 0 Å². The van der Waals surface area contributed by atoms with Crippen LogP contribution in [-0.2, 0) is 26.8 Å². The van der Waals surface area contributed by atoms with Crippen LogP contribution in [0.1, 0.15) is 42.3 Å². The highest BCUT2D eigenvalue weighted by Crippen LogP contribution is 2.25. The van der Waals surface area contributed by atoms with E-state index in [2.05, 4.69) is 26.1 Å². The van der Waals surface area contributed by atoms with Crippen LogP contribution in [0.2, 0.25) is 0 Å². The average Bonchev–Trinajstić information content (AvgIpc) is 2.69. The first-order valence-corrected chi connectivity index (χ1v) is 11.1. The third kappa shape index (κ3) is 5.81. The largest absolute Gasteiger partial charge is 0.457 e. The summed E-state index contributed by atoms with van der Waals surface area (Å²) in [5.74, 6) is -0.647. The summed E-state index contributed by atoms with van der Waals surface area (Å²) in [6.45, 7) is 6.52. The number of aliphatic hydroxyl groups is 1. The number of carbonyl (C=O) groups is 1. The first-order chi connectivity index (χ1) is 14.0. The van der Waals surface area contributed by atoms with Gasteiger partial charge in [0.15, 0.2) is 0 Å². The van der Waals surface area contributed by atoms with Crippen molar-refractivity contribution in [2.75, 3.05) is 32.6 Å². The standard InChI is InChI=1S/C22H30N2O5S/c1-22(2,3)17-8-6-16(7-9-17)15-29-21(26)19-14-18(30(27,28)24(4)5)10-11-20(19)23-12-13-25/h6-11,14,23,25H,12-13,15H2,1-5H3. The second-order valence-electron chi connectivity index (χ2n) is 8.17. The summed E-state index contributed by atoms with van der Waals surface area (Å²) in [6.07, 6.45) is 0. The highest BCUT2D eigenvalue weighted by molar-refractivity contribution is 7.89. The molecule has 2 rings (SSSR count). The van der Waals surface area contributed by atoms with Gasteiger partial charge in [0, 0.05) is 26.3 Å². The van der Waals surface area contributed by atoms with Crippen molar-refractivity contribution in [3.63, 3.8) is 0 Å². The number of rotatable bonds is 8. The third-order valence-electron chi connectivity index (χ3n) is 4.61. The van der Waals surface area contributed by atoms with E-state index in [1.165, 1.54) is 37.9 Å². The zero-order chi connectivity index (χ0) is 22.5. The van der Waals surface area contributed by atoms with Crippen LogP contribution >= 0.6 is 0 Å². The van der Waals surface area contributed by atoms with Crippen LogP contribution in [0.4, 0.5) is 5.69 Å². The van der Waals surface area contributed by atoms with E-state index < -0.39 is 16.0 Å². The minimum absolute atomic E-state index is 0.0106. The average molecular weight is 435 g/mol. The van der Waals surface area contributed by atoms with Gasteiger partial charge < -0.3 is 15.2 Å². The van der Waals surface area contributed by atoms with Crippen LogP contribution in [0.5, 0.6) is 0 Å². The number of esters is 1. The number of benzene rings is 2. The lowest BCUT2D eigenvalue weighted by Crippen LogP contribution is -2.23. The summed E-state index contributed by atoms with van der Waals surface area (Å²) in [6, 6.07) is 12.0. The molecule has 0 fully saturated rings. The fourth-order valence-corrected chi connectivity index (χ4v) is 3.66. The number of nitrogens with zero attached hydrogens (tertiary/aromatic N) is 1. The van der Waals surface area contributed by atoms with E-state index in [0.29, 0.717) is 5.69 Å². The molecule has 2 aromatic rings. The number of sulfonamides is 1. The third-order valence-corrected chi connectivity index (χ3v) is 6.42. The van der Waals surface area contributed by atoms with Crippen LogP contribution < -0.4 is 5.32 Å². The van der Waals surface area contributed by atoms with Crippen molar-refractivity contribution in [3.8, 4) is 0 Å².